The van der Waals surface area contributed by atoms with E-state index in [1.165, 1.54) is 12.1 Å². The number of amides is 2. The highest BCUT2D eigenvalue weighted by Gasteiger charge is 2.44. The van der Waals surface area contributed by atoms with Crippen molar-refractivity contribution in [1.82, 2.24) is 5.32 Å². The van der Waals surface area contributed by atoms with E-state index in [9.17, 15) is 9.18 Å². The smallest absolute Gasteiger partial charge is 0.319 e. The molecule has 2 amide bonds. The first-order chi connectivity index (χ1) is 13.6. The number of carbonyl (C=O) groups is 1. The first kappa shape index (κ1) is 17.7. The Kier molecular flexibility index (Phi) is 4.34. The average Bonchev–Trinajstić information content (AvgIpc) is 3.27. The second-order valence-electron chi connectivity index (χ2n) is 7.45. The normalized spacial score (nSPS) is 21.4. The summed E-state index contributed by atoms with van der Waals surface area (Å²) >= 11 is 1.69. The van der Waals surface area contributed by atoms with Crippen LogP contribution in [-0.2, 0) is 0 Å². The SMILES string of the molecule is O=C(Nc1ccc2c(c1)OC1(CCCC1)O2)NC1CCSc2ccc(F)cc21. The van der Waals surface area contributed by atoms with Crippen LogP contribution >= 0.6 is 11.8 Å². The van der Waals surface area contributed by atoms with E-state index in [0.29, 0.717) is 11.4 Å². The second kappa shape index (κ2) is 6.88. The fourth-order valence-electron chi connectivity index (χ4n) is 4.13. The highest BCUT2D eigenvalue weighted by atomic mass is 32.2. The first-order valence-electron chi connectivity index (χ1n) is 9.62. The Hall–Kier alpha value is -2.41. The van der Waals surface area contributed by atoms with Gasteiger partial charge < -0.3 is 20.1 Å². The summed E-state index contributed by atoms with van der Waals surface area (Å²) in [6.07, 6.45) is 4.74. The van der Waals surface area contributed by atoms with Crippen LogP contribution < -0.4 is 20.1 Å². The average molecular weight is 400 g/mol. The molecule has 1 spiro atoms. The number of ether oxygens (including phenoxy) is 2. The van der Waals surface area contributed by atoms with Gasteiger partial charge >= 0.3 is 6.03 Å². The lowest BCUT2D eigenvalue weighted by Crippen LogP contribution is -2.34. The summed E-state index contributed by atoms with van der Waals surface area (Å²) in [5.41, 5.74) is 1.47. The van der Waals surface area contributed by atoms with Crippen molar-refractivity contribution in [3.05, 3.63) is 47.8 Å². The van der Waals surface area contributed by atoms with Gasteiger partial charge in [0.05, 0.1) is 6.04 Å². The molecule has 2 N–H and O–H groups in total. The van der Waals surface area contributed by atoms with Crippen molar-refractivity contribution < 1.29 is 18.7 Å². The van der Waals surface area contributed by atoms with Gasteiger partial charge in [0.1, 0.15) is 5.82 Å². The van der Waals surface area contributed by atoms with Crippen LogP contribution in [0.15, 0.2) is 41.3 Å². The molecule has 0 bridgehead atoms. The quantitative estimate of drug-likeness (QED) is 0.725. The molecule has 0 radical (unpaired) electrons. The van der Waals surface area contributed by atoms with Crippen molar-refractivity contribution in [2.75, 3.05) is 11.1 Å². The largest absolute Gasteiger partial charge is 0.448 e. The van der Waals surface area contributed by atoms with Crippen LogP contribution in [-0.4, -0.2) is 17.6 Å². The molecule has 28 heavy (non-hydrogen) atoms. The Labute approximate surface area is 167 Å². The predicted molar refractivity (Wildman–Crippen MR) is 106 cm³/mol. The number of thioether (sulfide) groups is 1. The molecule has 1 saturated carbocycles. The molecule has 1 fully saturated rings. The zero-order valence-electron chi connectivity index (χ0n) is 15.3. The van der Waals surface area contributed by atoms with Gasteiger partial charge in [-0.15, -0.1) is 11.8 Å². The zero-order valence-corrected chi connectivity index (χ0v) is 16.1. The van der Waals surface area contributed by atoms with Gasteiger partial charge in [0.15, 0.2) is 11.5 Å². The van der Waals surface area contributed by atoms with Crippen LogP contribution in [0.3, 0.4) is 0 Å². The highest BCUT2D eigenvalue weighted by molar-refractivity contribution is 7.99. The third-order valence-electron chi connectivity index (χ3n) is 5.48. The fraction of sp³-hybridized carbons (Fsp3) is 0.381. The zero-order chi connectivity index (χ0) is 19.1. The van der Waals surface area contributed by atoms with Crippen LogP contribution in [0.1, 0.15) is 43.7 Å². The van der Waals surface area contributed by atoms with E-state index in [0.717, 1.165) is 54.1 Å². The monoisotopic (exact) mass is 400 g/mol. The molecule has 5 rings (SSSR count). The molecule has 5 nitrogen and oxygen atoms in total. The van der Waals surface area contributed by atoms with Crippen molar-refractivity contribution in [3.8, 4) is 11.5 Å². The maximum Gasteiger partial charge on any atom is 0.319 e. The first-order valence-corrected chi connectivity index (χ1v) is 10.6. The number of hydrogen-bond donors (Lipinski definition) is 2. The van der Waals surface area contributed by atoms with Gasteiger partial charge in [0, 0.05) is 35.2 Å². The summed E-state index contributed by atoms with van der Waals surface area (Å²) in [5, 5.41) is 5.82. The Morgan fingerprint density at radius 1 is 1.11 bits per heavy atom. The second-order valence-corrected chi connectivity index (χ2v) is 8.59. The van der Waals surface area contributed by atoms with Crippen molar-refractivity contribution >= 4 is 23.5 Å². The molecule has 7 heteroatoms. The van der Waals surface area contributed by atoms with Crippen LogP contribution in [0.25, 0.3) is 0 Å². The molecule has 1 unspecified atom stereocenters. The lowest BCUT2D eigenvalue weighted by atomic mass is 10.0. The number of urea groups is 1. The van der Waals surface area contributed by atoms with Crippen molar-refractivity contribution in [1.29, 1.82) is 0 Å². The van der Waals surface area contributed by atoms with Gasteiger partial charge in [-0.2, -0.15) is 0 Å². The topological polar surface area (TPSA) is 59.6 Å². The summed E-state index contributed by atoms with van der Waals surface area (Å²) in [7, 11) is 0. The van der Waals surface area contributed by atoms with Crippen molar-refractivity contribution in [3.63, 3.8) is 0 Å². The summed E-state index contributed by atoms with van der Waals surface area (Å²) in [5.74, 6) is 1.47. The molecule has 2 aromatic rings. The molecule has 0 aromatic heterocycles. The lowest BCUT2D eigenvalue weighted by molar-refractivity contribution is -0.0716. The third kappa shape index (κ3) is 3.28. The number of fused-ring (bicyclic) bond motifs is 2. The van der Waals surface area contributed by atoms with E-state index >= 15 is 0 Å². The van der Waals surface area contributed by atoms with Gasteiger partial charge in [-0.1, -0.05) is 0 Å². The number of hydrogen-bond acceptors (Lipinski definition) is 4. The molecular formula is C21H21FN2O3S. The standard InChI is InChI=1S/C21H21FN2O3S/c22-13-3-6-19-15(11-13)16(7-10-28-19)24-20(25)23-14-4-5-17-18(12-14)27-21(26-17)8-1-2-9-21/h3-6,11-12,16H,1-2,7-10H2,(H2,23,24,25). The number of halogens is 1. The highest BCUT2D eigenvalue weighted by Crippen LogP contribution is 2.47. The van der Waals surface area contributed by atoms with Crippen LogP contribution in [0.4, 0.5) is 14.9 Å². The van der Waals surface area contributed by atoms with E-state index < -0.39 is 5.79 Å². The molecule has 1 aliphatic carbocycles. The van der Waals surface area contributed by atoms with Gasteiger partial charge in [-0.05, 0) is 55.2 Å². The molecule has 2 aliphatic heterocycles. The Bertz CT molecular complexity index is 930. The minimum absolute atomic E-state index is 0.206. The van der Waals surface area contributed by atoms with Gasteiger partial charge in [-0.25, -0.2) is 9.18 Å². The van der Waals surface area contributed by atoms with Gasteiger partial charge in [0.25, 0.3) is 5.79 Å². The van der Waals surface area contributed by atoms with Crippen molar-refractivity contribution in [2.24, 2.45) is 0 Å². The Balaban J connectivity index is 1.27. The molecule has 3 aliphatic rings. The molecule has 146 valence electrons. The predicted octanol–water partition coefficient (Wildman–Crippen LogP) is 5.23. The summed E-state index contributed by atoms with van der Waals surface area (Å²) in [6, 6.07) is 9.65. The summed E-state index contributed by atoms with van der Waals surface area (Å²) in [6.45, 7) is 0. The fourth-order valence-corrected chi connectivity index (χ4v) is 5.24. The lowest BCUT2D eigenvalue weighted by Gasteiger charge is -2.26. The van der Waals surface area contributed by atoms with Gasteiger partial charge in [-0.3, -0.25) is 0 Å². The summed E-state index contributed by atoms with van der Waals surface area (Å²) < 4.78 is 25.7. The van der Waals surface area contributed by atoms with Gasteiger partial charge in [0.2, 0.25) is 0 Å². The maximum atomic E-state index is 13.6. The molecule has 2 heterocycles. The number of benzene rings is 2. The number of anilines is 1. The Morgan fingerprint density at radius 2 is 1.93 bits per heavy atom. The van der Waals surface area contributed by atoms with E-state index in [1.54, 1.807) is 30.0 Å². The molecular weight excluding hydrogens is 379 g/mol. The van der Waals surface area contributed by atoms with E-state index in [1.807, 2.05) is 6.07 Å². The van der Waals surface area contributed by atoms with E-state index in [2.05, 4.69) is 10.6 Å². The molecule has 2 aromatic carbocycles. The number of carbonyl (C=O) groups excluding carboxylic acids is 1. The van der Waals surface area contributed by atoms with Crippen LogP contribution in [0, 0.1) is 5.82 Å². The number of rotatable bonds is 2. The Morgan fingerprint density at radius 3 is 2.79 bits per heavy atom. The minimum Gasteiger partial charge on any atom is -0.448 e. The van der Waals surface area contributed by atoms with E-state index in [4.69, 9.17) is 9.47 Å². The summed E-state index contributed by atoms with van der Waals surface area (Å²) in [4.78, 5) is 13.5. The third-order valence-corrected chi connectivity index (χ3v) is 6.60. The molecule has 0 saturated heterocycles. The van der Waals surface area contributed by atoms with E-state index in [-0.39, 0.29) is 17.9 Å². The van der Waals surface area contributed by atoms with Crippen LogP contribution in [0.2, 0.25) is 0 Å². The minimum atomic E-state index is -0.517. The number of nitrogens with one attached hydrogen (secondary N) is 2. The van der Waals surface area contributed by atoms with Crippen LogP contribution in [0.5, 0.6) is 11.5 Å². The molecule has 1 atom stereocenters. The van der Waals surface area contributed by atoms with Crippen molar-refractivity contribution in [2.45, 2.75) is 48.8 Å². The maximum absolute atomic E-state index is 13.6.